The molecule has 0 aromatic heterocycles. The van der Waals surface area contributed by atoms with Gasteiger partial charge in [0.15, 0.2) is 17.9 Å². The number of rotatable bonds is 4. The lowest BCUT2D eigenvalue weighted by molar-refractivity contribution is -0.247. The van der Waals surface area contributed by atoms with Crippen LogP contribution in [0.15, 0.2) is 18.2 Å². The second-order valence-electron chi connectivity index (χ2n) is 10.1. The number of ketones is 3. The van der Waals surface area contributed by atoms with E-state index in [4.69, 9.17) is 19.9 Å². The van der Waals surface area contributed by atoms with Crippen LogP contribution in [0.25, 0.3) is 0 Å². The minimum Gasteiger partial charge on any atom is -0.507 e. The maximum atomic E-state index is 13.6. The van der Waals surface area contributed by atoms with E-state index in [0.29, 0.717) is 0 Å². The SMILES string of the molecule is COc1cccc2c1C(=O)c1c(O)c3c(c(O)c1C2=O)C[C@@](O)(C(C)=O)C[C@@H]3O[C@@H]1C[C@@H](N)[C@@H](O)[C@H](C)O1.Cl. The number of aliphatic hydroxyl groups is 2. The summed E-state index contributed by atoms with van der Waals surface area (Å²) >= 11 is 0. The summed E-state index contributed by atoms with van der Waals surface area (Å²) in [5.41, 5.74) is 2.97. The molecule has 39 heavy (non-hydrogen) atoms. The van der Waals surface area contributed by atoms with Gasteiger partial charge in [0, 0.05) is 42.0 Å². The summed E-state index contributed by atoms with van der Waals surface area (Å²) in [7, 11) is 1.34. The lowest BCUT2D eigenvalue weighted by Crippen LogP contribution is -2.52. The van der Waals surface area contributed by atoms with E-state index in [1.807, 2.05) is 0 Å². The van der Waals surface area contributed by atoms with Crippen molar-refractivity contribution in [3.8, 4) is 17.2 Å². The molecule has 1 heterocycles. The molecule has 2 aromatic carbocycles. The Morgan fingerprint density at radius 3 is 2.41 bits per heavy atom. The molecule has 0 unspecified atom stereocenters. The Hall–Kier alpha value is -3.06. The molecule has 12 heteroatoms. The number of carbonyl (C=O) groups is 3. The Bertz CT molecular complexity index is 1370. The molecule has 210 valence electrons. The Morgan fingerprint density at radius 1 is 1.13 bits per heavy atom. The van der Waals surface area contributed by atoms with Crippen molar-refractivity contribution in [3.63, 3.8) is 0 Å². The first kappa shape index (κ1) is 28.9. The zero-order chi connectivity index (χ0) is 27.7. The van der Waals surface area contributed by atoms with Gasteiger partial charge in [0.05, 0.1) is 42.1 Å². The van der Waals surface area contributed by atoms with Crippen molar-refractivity contribution in [2.75, 3.05) is 7.11 Å². The number of fused-ring (bicyclic) bond motifs is 3. The molecule has 0 spiro atoms. The van der Waals surface area contributed by atoms with E-state index in [-0.39, 0.29) is 53.3 Å². The minimum atomic E-state index is -2.00. The van der Waals surface area contributed by atoms with Gasteiger partial charge in [0.1, 0.15) is 22.8 Å². The summed E-state index contributed by atoms with van der Waals surface area (Å²) in [5, 5.41) is 44.1. The van der Waals surface area contributed by atoms with Crippen LogP contribution in [-0.4, -0.2) is 75.0 Å². The number of Topliss-reactive ketones (excluding diaryl/α,β-unsaturated/α-hetero) is 1. The van der Waals surface area contributed by atoms with Crippen LogP contribution in [0.5, 0.6) is 17.2 Å². The van der Waals surface area contributed by atoms with Gasteiger partial charge in [-0.1, -0.05) is 12.1 Å². The zero-order valence-corrected chi connectivity index (χ0v) is 22.3. The molecule has 6 atom stereocenters. The highest BCUT2D eigenvalue weighted by atomic mass is 35.5. The quantitative estimate of drug-likeness (QED) is 0.289. The summed E-state index contributed by atoms with van der Waals surface area (Å²) < 4.78 is 17.1. The van der Waals surface area contributed by atoms with Crippen molar-refractivity contribution < 1.29 is 49.0 Å². The van der Waals surface area contributed by atoms with Crippen molar-refractivity contribution in [1.82, 2.24) is 0 Å². The number of aliphatic hydroxyl groups excluding tert-OH is 1. The first-order valence-electron chi connectivity index (χ1n) is 12.2. The second kappa shape index (κ2) is 10.2. The highest BCUT2D eigenvalue weighted by Gasteiger charge is 2.49. The van der Waals surface area contributed by atoms with Crippen molar-refractivity contribution in [3.05, 3.63) is 51.6 Å². The van der Waals surface area contributed by atoms with Crippen molar-refractivity contribution in [1.29, 1.82) is 0 Å². The second-order valence-corrected chi connectivity index (χ2v) is 10.1. The number of phenols is 2. The molecule has 1 saturated heterocycles. The number of hydrogen-bond donors (Lipinski definition) is 5. The molecule has 1 fully saturated rings. The number of carbonyl (C=O) groups excluding carboxylic acids is 3. The average molecular weight is 564 g/mol. The van der Waals surface area contributed by atoms with Gasteiger partial charge in [-0.3, -0.25) is 14.4 Å². The lowest BCUT2D eigenvalue weighted by Gasteiger charge is -2.42. The van der Waals surface area contributed by atoms with Crippen LogP contribution in [-0.2, 0) is 20.7 Å². The summed E-state index contributed by atoms with van der Waals surface area (Å²) in [4.78, 5) is 39.6. The first-order chi connectivity index (χ1) is 17.9. The maximum Gasteiger partial charge on any atom is 0.202 e. The molecular weight excluding hydrogens is 534 g/mol. The van der Waals surface area contributed by atoms with Crippen LogP contribution in [0.2, 0.25) is 0 Å². The van der Waals surface area contributed by atoms with Crippen molar-refractivity contribution in [2.45, 2.75) is 69.4 Å². The van der Waals surface area contributed by atoms with Crippen LogP contribution in [0.1, 0.15) is 75.8 Å². The maximum absolute atomic E-state index is 13.6. The lowest BCUT2D eigenvalue weighted by atomic mass is 9.72. The third-order valence-electron chi connectivity index (χ3n) is 7.80. The monoisotopic (exact) mass is 563 g/mol. The van der Waals surface area contributed by atoms with Crippen LogP contribution >= 0.6 is 12.4 Å². The molecule has 1 aliphatic heterocycles. The Kier molecular flexibility index (Phi) is 7.54. The first-order valence-corrected chi connectivity index (χ1v) is 12.2. The number of nitrogens with two attached hydrogens (primary N) is 1. The van der Waals surface area contributed by atoms with Gasteiger partial charge < -0.3 is 40.4 Å². The molecule has 0 radical (unpaired) electrons. The fourth-order valence-corrected chi connectivity index (χ4v) is 5.66. The highest BCUT2D eigenvalue weighted by molar-refractivity contribution is 6.31. The fourth-order valence-electron chi connectivity index (χ4n) is 5.66. The number of ether oxygens (including phenoxy) is 3. The molecule has 2 aliphatic carbocycles. The third-order valence-corrected chi connectivity index (χ3v) is 7.80. The largest absolute Gasteiger partial charge is 0.507 e. The molecule has 0 bridgehead atoms. The van der Waals surface area contributed by atoms with Gasteiger partial charge in [-0.15, -0.1) is 12.4 Å². The van der Waals surface area contributed by atoms with Crippen LogP contribution in [0.3, 0.4) is 0 Å². The highest BCUT2D eigenvalue weighted by Crippen LogP contribution is 2.52. The number of benzene rings is 2. The normalized spacial score (nSPS) is 29.5. The third kappa shape index (κ3) is 4.39. The van der Waals surface area contributed by atoms with E-state index in [9.17, 15) is 34.8 Å². The topological polar surface area (TPSA) is 186 Å². The van der Waals surface area contributed by atoms with E-state index in [1.165, 1.54) is 32.2 Å². The van der Waals surface area contributed by atoms with Gasteiger partial charge >= 0.3 is 0 Å². The van der Waals surface area contributed by atoms with Crippen LogP contribution in [0.4, 0.5) is 0 Å². The molecule has 0 saturated carbocycles. The minimum absolute atomic E-state index is 0. The fraction of sp³-hybridized carbons (Fsp3) is 0.444. The number of aromatic hydroxyl groups is 2. The van der Waals surface area contributed by atoms with Gasteiger partial charge in [-0.25, -0.2) is 0 Å². The Morgan fingerprint density at radius 2 is 1.79 bits per heavy atom. The van der Waals surface area contributed by atoms with Gasteiger partial charge in [0.25, 0.3) is 0 Å². The summed E-state index contributed by atoms with van der Waals surface area (Å²) in [6, 6.07) is 3.75. The van der Waals surface area contributed by atoms with Gasteiger partial charge in [-0.2, -0.15) is 0 Å². The summed E-state index contributed by atoms with van der Waals surface area (Å²) in [5.74, 6) is -3.18. The average Bonchev–Trinajstić information content (AvgIpc) is 2.87. The predicted octanol–water partition coefficient (Wildman–Crippen LogP) is 1.45. The molecule has 5 rings (SSSR count). The molecule has 6 N–H and O–H groups in total. The number of phenolic OH excluding ortho intramolecular Hbond substituents is 2. The summed E-state index contributed by atoms with van der Waals surface area (Å²) in [6.45, 7) is 2.79. The van der Waals surface area contributed by atoms with Gasteiger partial charge in [0.2, 0.25) is 5.78 Å². The van der Waals surface area contributed by atoms with Crippen molar-refractivity contribution in [2.24, 2.45) is 5.73 Å². The van der Waals surface area contributed by atoms with Crippen molar-refractivity contribution >= 4 is 29.8 Å². The van der Waals surface area contributed by atoms with E-state index in [2.05, 4.69) is 0 Å². The number of hydrogen-bond acceptors (Lipinski definition) is 11. The van der Waals surface area contributed by atoms with E-state index in [1.54, 1.807) is 6.92 Å². The Balaban J connectivity index is 0.00000353. The van der Waals surface area contributed by atoms with E-state index >= 15 is 0 Å². The Labute approximate surface area is 229 Å². The number of methoxy groups -OCH3 is 1. The molecular formula is C27H30ClNO10. The van der Waals surface area contributed by atoms with Crippen LogP contribution in [0, 0.1) is 0 Å². The molecule has 2 aromatic rings. The summed E-state index contributed by atoms with van der Waals surface area (Å²) in [6.07, 6.45) is -4.53. The molecule has 3 aliphatic rings. The zero-order valence-electron chi connectivity index (χ0n) is 21.5. The predicted molar refractivity (Wildman–Crippen MR) is 138 cm³/mol. The smallest absolute Gasteiger partial charge is 0.202 e. The molecule has 0 amide bonds. The molecule has 11 nitrogen and oxygen atoms in total. The van der Waals surface area contributed by atoms with E-state index in [0.717, 1.165) is 0 Å². The number of halogens is 1. The van der Waals surface area contributed by atoms with E-state index < -0.39 is 82.6 Å². The van der Waals surface area contributed by atoms with Gasteiger partial charge in [-0.05, 0) is 19.9 Å². The van der Waals surface area contributed by atoms with Crippen LogP contribution < -0.4 is 10.5 Å². The standard InChI is InChI=1S/C27H29NO10.ClH/c1-10-22(30)14(28)7-17(37-10)38-16-9-27(35,11(2)29)8-13-19(16)26(34)21-20(24(13)32)23(31)12-5-4-6-15(36-3)18(12)25(21)33;/h4-6,10,14,16-17,22,30,32,34-35H,7-9,28H2,1-3H3;1H/t10-,14+,16-,17+,22-,27-;/m0./s1.